The van der Waals surface area contributed by atoms with E-state index in [-0.39, 0.29) is 6.10 Å². The Morgan fingerprint density at radius 1 is 0.852 bits per heavy atom. The third kappa shape index (κ3) is 6.98. The molecule has 0 amide bonds. The summed E-state index contributed by atoms with van der Waals surface area (Å²) < 4.78 is 10.9. The molecule has 1 atom stereocenters. The maximum atomic E-state index is 11.9. The van der Waals surface area contributed by atoms with Crippen LogP contribution in [0.15, 0.2) is 0 Å². The molecule has 2 aliphatic carbocycles. The van der Waals surface area contributed by atoms with Crippen LogP contribution >= 0.6 is 0 Å². The molecule has 3 heteroatoms. The highest BCUT2D eigenvalue weighted by Gasteiger charge is 2.37. The van der Waals surface area contributed by atoms with E-state index in [2.05, 4.69) is 27.7 Å². The van der Waals surface area contributed by atoms with Gasteiger partial charge in [-0.3, -0.25) is 0 Å². The highest BCUT2D eigenvalue weighted by molar-refractivity contribution is 5.60. The Hall–Kier alpha value is -0.730. The fourth-order valence-electron chi connectivity index (χ4n) is 5.51. The zero-order chi connectivity index (χ0) is 20.2. The number of hydrogen-bond acceptors (Lipinski definition) is 3. The first-order valence-corrected chi connectivity index (χ1v) is 11.4. The van der Waals surface area contributed by atoms with E-state index in [1.54, 1.807) is 0 Å². The summed E-state index contributed by atoms with van der Waals surface area (Å²) >= 11 is 0. The van der Waals surface area contributed by atoms with Crippen molar-refractivity contribution in [2.24, 2.45) is 29.1 Å². The Balaban J connectivity index is 1.79. The standard InChI is InChI=1S/C24H44O3/c1-8-21(17-9-13-19(14-10-17)23(2,3)4)18-11-15-20(16-12-18)26-22(25)27-24(5,6)7/h17-21H,8-16H2,1-7H3. The predicted octanol–water partition coefficient (Wildman–Crippen LogP) is 7.38. The molecule has 1 unspecified atom stereocenters. The van der Waals surface area contributed by atoms with E-state index in [0.717, 1.165) is 36.5 Å². The molecule has 158 valence electrons. The van der Waals surface area contributed by atoms with E-state index in [9.17, 15) is 4.79 Å². The molecule has 3 nitrogen and oxygen atoms in total. The molecule has 2 rings (SSSR count). The van der Waals surface area contributed by atoms with Crippen LogP contribution in [0, 0.1) is 29.1 Å². The van der Waals surface area contributed by atoms with Crippen molar-refractivity contribution < 1.29 is 14.3 Å². The molecule has 0 N–H and O–H groups in total. The van der Waals surface area contributed by atoms with Crippen molar-refractivity contribution in [3.05, 3.63) is 0 Å². The van der Waals surface area contributed by atoms with Crippen LogP contribution in [-0.2, 0) is 9.47 Å². The second-order valence-corrected chi connectivity index (χ2v) is 11.2. The van der Waals surface area contributed by atoms with Gasteiger partial charge in [-0.2, -0.15) is 0 Å². The lowest BCUT2D eigenvalue weighted by Crippen LogP contribution is -2.34. The fourth-order valence-corrected chi connectivity index (χ4v) is 5.51. The molecule has 0 aliphatic heterocycles. The van der Waals surface area contributed by atoms with Gasteiger partial charge in [-0.1, -0.05) is 34.1 Å². The van der Waals surface area contributed by atoms with Gasteiger partial charge in [0.05, 0.1) is 0 Å². The van der Waals surface area contributed by atoms with Gasteiger partial charge in [0.1, 0.15) is 11.7 Å². The molecule has 0 heterocycles. The molecule has 2 saturated carbocycles. The lowest BCUT2D eigenvalue weighted by Gasteiger charge is -2.43. The van der Waals surface area contributed by atoms with Crippen LogP contribution in [0.1, 0.15) is 106 Å². The number of hydrogen-bond donors (Lipinski definition) is 0. The van der Waals surface area contributed by atoms with Gasteiger partial charge in [0, 0.05) is 0 Å². The SMILES string of the molecule is CCC(C1CCC(OC(=O)OC(C)(C)C)CC1)C1CCC(C(C)(C)C)CC1. The largest absolute Gasteiger partial charge is 0.509 e. The Kier molecular flexibility index (Phi) is 7.67. The van der Waals surface area contributed by atoms with Crippen LogP contribution in [0.5, 0.6) is 0 Å². The zero-order valence-electron chi connectivity index (χ0n) is 19.0. The number of carbonyl (C=O) groups excluding carboxylic acids is 1. The quantitative estimate of drug-likeness (QED) is 0.477. The summed E-state index contributed by atoms with van der Waals surface area (Å²) in [4.78, 5) is 11.9. The molecular formula is C24H44O3. The van der Waals surface area contributed by atoms with Crippen molar-refractivity contribution in [1.29, 1.82) is 0 Å². The van der Waals surface area contributed by atoms with Crippen LogP contribution in [0.25, 0.3) is 0 Å². The molecule has 2 aliphatic rings. The number of carbonyl (C=O) groups is 1. The zero-order valence-corrected chi connectivity index (χ0v) is 19.0. The average Bonchev–Trinajstić information content (AvgIpc) is 2.55. The minimum Gasteiger partial charge on any atom is -0.431 e. The summed E-state index contributed by atoms with van der Waals surface area (Å²) in [7, 11) is 0. The van der Waals surface area contributed by atoms with Crippen molar-refractivity contribution in [3.63, 3.8) is 0 Å². The maximum Gasteiger partial charge on any atom is 0.509 e. The molecule has 0 aromatic carbocycles. The molecule has 0 bridgehead atoms. The van der Waals surface area contributed by atoms with Gasteiger partial charge in [-0.05, 0) is 101 Å². The summed E-state index contributed by atoms with van der Waals surface area (Å²) in [5.74, 6) is 3.46. The predicted molar refractivity (Wildman–Crippen MR) is 112 cm³/mol. The van der Waals surface area contributed by atoms with E-state index >= 15 is 0 Å². The lowest BCUT2D eigenvalue weighted by atomic mass is 9.63. The van der Waals surface area contributed by atoms with Gasteiger partial charge in [-0.15, -0.1) is 0 Å². The lowest BCUT2D eigenvalue weighted by molar-refractivity contribution is -0.0405. The smallest absolute Gasteiger partial charge is 0.431 e. The van der Waals surface area contributed by atoms with Crippen LogP contribution in [0.2, 0.25) is 0 Å². The summed E-state index contributed by atoms with van der Waals surface area (Å²) in [6, 6.07) is 0. The van der Waals surface area contributed by atoms with E-state index < -0.39 is 11.8 Å². The van der Waals surface area contributed by atoms with Crippen molar-refractivity contribution in [1.82, 2.24) is 0 Å². The Labute approximate surface area is 168 Å². The summed E-state index contributed by atoms with van der Waals surface area (Å²) in [6.07, 6.45) is 10.9. The Morgan fingerprint density at radius 3 is 1.74 bits per heavy atom. The minimum absolute atomic E-state index is 0.0465. The molecule has 0 aromatic heterocycles. The van der Waals surface area contributed by atoms with E-state index in [0.29, 0.717) is 5.41 Å². The van der Waals surface area contributed by atoms with Crippen molar-refractivity contribution in [2.45, 2.75) is 118 Å². The molecule has 2 fully saturated rings. The van der Waals surface area contributed by atoms with E-state index in [1.807, 2.05) is 20.8 Å². The summed E-state index contributed by atoms with van der Waals surface area (Å²) in [5, 5.41) is 0. The second-order valence-electron chi connectivity index (χ2n) is 11.2. The normalized spacial score (nSPS) is 31.2. The second kappa shape index (κ2) is 9.18. The third-order valence-electron chi connectivity index (χ3n) is 7.05. The third-order valence-corrected chi connectivity index (χ3v) is 7.05. The maximum absolute atomic E-state index is 11.9. The highest BCUT2D eigenvalue weighted by Crippen LogP contribution is 2.46. The van der Waals surface area contributed by atoms with Gasteiger partial charge in [-0.25, -0.2) is 4.79 Å². The first-order valence-electron chi connectivity index (χ1n) is 11.4. The molecule has 0 spiro atoms. The van der Waals surface area contributed by atoms with Gasteiger partial charge >= 0.3 is 6.16 Å². The minimum atomic E-state index is -0.501. The Bertz CT molecular complexity index is 455. The van der Waals surface area contributed by atoms with Crippen molar-refractivity contribution >= 4 is 6.16 Å². The monoisotopic (exact) mass is 380 g/mol. The fraction of sp³-hybridized carbons (Fsp3) is 0.958. The van der Waals surface area contributed by atoms with Crippen molar-refractivity contribution in [2.75, 3.05) is 0 Å². The molecule has 0 saturated heterocycles. The average molecular weight is 381 g/mol. The van der Waals surface area contributed by atoms with Gasteiger partial charge < -0.3 is 9.47 Å². The summed E-state index contributed by atoms with van der Waals surface area (Å²) in [5.41, 5.74) is -0.0166. The molecule has 0 aromatic rings. The van der Waals surface area contributed by atoms with Gasteiger partial charge in [0.15, 0.2) is 0 Å². The molecular weight excluding hydrogens is 336 g/mol. The van der Waals surface area contributed by atoms with E-state index in [4.69, 9.17) is 9.47 Å². The molecule has 0 radical (unpaired) electrons. The number of rotatable bonds is 4. The van der Waals surface area contributed by atoms with E-state index in [1.165, 1.54) is 44.9 Å². The first-order chi connectivity index (χ1) is 12.5. The van der Waals surface area contributed by atoms with Crippen LogP contribution < -0.4 is 0 Å². The highest BCUT2D eigenvalue weighted by atomic mass is 16.7. The first kappa shape index (κ1) is 22.6. The van der Waals surface area contributed by atoms with Gasteiger partial charge in [0.2, 0.25) is 0 Å². The summed E-state index contributed by atoms with van der Waals surface area (Å²) in [6.45, 7) is 15.2. The van der Waals surface area contributed by atoms with Crippen molar-refractivity contribution in [3.8, 4) is 0 Å². The topological polar surface area (TPSA) is 35.5 Å². The Morgan fingerprint density at radius 2 is 1.33 bits per heavy atom. The van der Waals surface area contributed by atoms with Crippen LogP contribution in [0.3, 0.4) is 0 Å². The van der Waals surface area contributed by atoms with Crippen LogP contribution in [0.4, 0.5) is 4.79 Å². The van der Waals surface area contributed by atoms with Crippen LogP contribution in [-0.4, -0.2) is 17.9 Å². The number of ether oxygens (including phenoxy) is 2. The van der Waals surface area contributed by atoms with Gasteiger partial charge in [0.25, 0.3) is 0 Å². The molecule has 27 heavy (non-hydrogen) atoms.